The molecule has 84 valence electrons. The van der Waals surface area contributed by atoms with Crippen molar-refractivity contribution in [3.8, 4) is 0 Å². The summed E-state index contributed by atoms with van der Waals surface area (Å²) in [7, 11) is 0. The molecule has 1 aromatic carbocycles. The first kappa shape index (κ1) is 12.2. The molecule has 0 heterocycles. The second-order valence-corrected chi connectivity index (χ2v) is 4.09. The van der Waals surface area contributed by atoms with Gasteiger partial charge in [-0.1, -0.05) is 36.8 Å². The highest BCUT2D eigenvalue weighted by atomic mass is 16.3. The van der Waals surface area contributed by atoms with Crippen LogP contribution in [0.3, 0.4) is 0 Å². The minimum atomic E-state index is 0.195. The predicted octanol–water partition coefficient (Wildman–Crippen LogP) is 2.42. The van der Waals surface area contributed by atoms with Crippen LogP contribution in [0.1, 0.15) is 37.4 Å². The van der Waals surface area contributed by atoms with Gasteiger partial charge in [-0.25, -0.2) is 0 Å². The van der Waals surface area contributed by atoms with Crippen LogP contribution in [0, 0.1) is 6.92 Å². The zero-order valence-corrected chi connectivity index (χ0v) is 9.83. The molecule has 0 spiro atoms. The lowest BCUT2D eigenvalue weighted by Crippen LogP contribution is -2.33. The second-order valence-electron chi connectivity index (χ2n) is 4.09. The first-order valence-corrected chi connectivity index (χ1v) is 5.60. The molecular weight excluding hydrogens is 186 g/mol. The van der Waals surface area contributed by atoms with Gasteiger partial charge in [0.05, 0.1) is 6.61 Å². The van der Waals surface area contributed by atoms with Crippen LogP contribution in [0.25, 0.3) is 0 Å². The molecule has 0 bridgehead atoms. The van der Waals surface area contributed by atoms with E-state index in [4.69, 9.17) is 5.11 Å². The Morgan fingerprint density at radius 1 is 1.40 bits per heavy atom. The van der Waals surface area contributed by atoms with E-state index in [1.54, 1.807) is 0 Å². The summed E-state index contributed by atoms with van der Waals surface area (Å²) in [5.74, 6) is 0. The number of rotatable bonds is 5. The second kappa shape index (κ2) is 5.89. The molecule has 0 fully saturated rings. The SMILES string of the molecule is CCC(CO)NC(C)c1cccc(C)c1. The van der Waals surface area contributed by atoms with Crippen LogP contribution >= 0.6 is 0 Å². The molecule has 2 N–H and O–H groups in total. The normalized spacial score (nSPS) is 14.9. The number of nitrogens with one attached hydrogen (secondary N) is 1. The van der Waals surface area contributed by atoms with Crippen molar-refractivity contribution in [3.05, 3.63) is 35.4 Å². The summed E-state index contributed by atoms with van der Waals surface area (Å²) in [6, 6.07) is 8.96. The third kappa shape index (κ3) is 3.65. The van der Waals surface area contributed by atoms with Crippen molar-refractivity contribution >= 4 is 0 Å². The summed E-state index contributed by atoms with van der Waals surface area (Å²) in [5, 5.41) is 12.5. The van der Waals surface area contributed by atoms with Crippen LogP contribution in [-0.4, -0.2) is 17.8 Å². The van der Waals surface area contributed by atoms with E-state index in [1.165, 1.54) is 11.1 Å². The minimum Gasteiger partial charge on any atom is -0.395 e. The Balaban J connectivity index is 2.64. The fraction of sp³-hybridized carbons (Fsp3) is 0.538. The molecule has 0 aliphatic carbocycles. The first-order chi connectivity index (χ1) is 7.17. The molecule has 2 nitrogen and oxygen atoms in total. The monoisotopic (exact) mass is 207 g/mol. The Morgan fingerprint density at radius 2 is 2.13 bits per heavy atom. The summed E-state index contributed by atoms with van der Waals surface area (Å²) in [6.07, 6.45) is 0.951. The van der Waals surface area contributed by atoms with Crippen LogP contribution in [0.15, 0.2) is 24.3 Å². The fourth-order valence-corrected chi connectivity index (χ4v) is 1.69. The van der Waals surface area contributed by atoms with Crippen molar-refractivity contribution in [1.29, 1.82) is 0 Å². The van der Waals surface area contributed by atoms with Crippen molar-refractivity contribution in [3.63, 3.8) is 0 Å². The highest BCUT2D eigenvalue weighted by molar-refractivity contribution is 5.24. The van der Waals surface area contributed by atoms with Crippen molar-refractivity contribution in [2.45, 2.75) is 39.3 Å². The summed E-state index contributed by atoms with van der Waals surface area (Å²) >= 11 is 0. The molecule has 0 aromatic heterocycles. The Labute approximate surface area is 92.3 Å². The van der Waals surface area contributed by atoms with Crippen LogP contribution in [-0.2, 0) is 0 Å². The van der Waals surface area contributed by atoms with Crippen molar-refractivity contribution < 1.29 is 5.11 Å². The lowest BCUT2D eigenvalue weighted by molar-refractivity contribution is 0.230. The highest BCUT2D eigenvalue weighted by Gasteiger charge is 2.10. The average Bonchev–Trinajstić information content (AvgIpc) is 2.25. The van der Waals surface area contributed by atoms with Gasteiger partial charge >= 0.3 is 0 Å². The predicted molar refractivity (Wildman–Crippen MR) is 63.9 cm³/mol. The largest absolute Gasteiger partial charge is 0.395 e. The molecule has 0 radical (unpaired) electrons. The number of aliphatic hydroxyl groups is 1. The van der Waals surface area contributed by atoms with Crippen molar-refractivity contribution in [2.24, 2.45) is 0 Å². The van der Waals surface area contributed by atoms with E-state index < -0.39 is 0 Å². The Kier molecular flexibility index (Phi) is 4.79. The van der Waals surface area contributed by atoms with Gasteiger partial charge in [0.15, 0.2) is 0 Å². The molecule has 0 aliphatic rings. The van der Waals surface area contributed by atoms with Crippen LogP contribution in [0.2, 0.25) is 0 Å². The van der Waals surface area contributed by atoms with Crippen molar-refractivity contribution in [2.75, 3.05) is 6.61 Å². The van der Waals surface area contributed by atoms with E-state index in [0.29, 0.717) is 6.04 Å². The fourth-order valence-electron chi connectivity index (χ4n) is 1.69. The van der Waals surface area contributed by atoms with Gasteiger partial charge in [0, 0.05) is 12.1 Å². The summed E-state index contributed by atoms with van der Waals surface area (Å²) in [5.41, 5.74) is 2.56. The van der Waals surface area contributed by atoms with Gasteiger partial charge in [-0.15, -0.1) is 0 Å². The third-order valence-corrected chi connectivity index (χ3v) is 2.74. The molecule has 2 heteroatoms. The van der Waals surface area contributed by atoms with Gasteiger partial charge < -0.3 is 10.4 Å². The van der Waals surface area contributed by atoms with E-state index in [-0.39, 0.29) is 12.6 Å². The average molecular weight is 207 g/mol. The first-order valence-electron chi connectivity index (χ1n) is 5.60. The summed E-state index contributed by atoms with van der Waals surface area (Å²) in [4.78, 5) is 0. The van der Waals surface area contributed by atoms with Crippen LogP contribution in [0.4, 0.5) is 0 Å². The van der Waals surface area contributed by atoms with Crippen LogP contribution in [0.5, 0.6) is 0 Å². The summed E-state index contributed by atoms with van der Waals surface area (Å²) in [6.45, 7) is 6.51. The van der Waals surface area contributed by atoms with E-state index in [0.717, 1.165) is 6.42 Å². The number of hydrogen-bond acceptors (Lipinski definition) is 2. The standard InChI is InChI=1S/C13H21NO/c1-4-13(9-15)14-11(3)12-7-5-6-10(2)8-12/h5-8,11,13-15H,4,9H2,1-3H3. The smallest absolute Gasteiger partial charge is 0.0584 e. The highest BCUT2D eigenvalue weighted by Crippen LogP contribution is 2.14. The molecule has 0 amide bonds. The number of hydrogen-bond donors (Lipinski definition) is 2. The van der Waals surface area contributed by atoms with E-state index in [1.807, 2.05) is 0 Å². The van der Waals surface area contributed by atoms with Gasteiger partial charge in [-0.2, -0.15) is 0 Å². The van der Waals surface area contributed by atoms with Gasteiger partial charge in [-0.3, -0.25) is 0 Å². The quantitative estimate of drug-likeness (QED) is 0.777. The van der Waals surface area contributed by atoms with E-state index >= 15 is 0 Å². The lowest BCUT2D eigenvalue weighted by atomic mass is 10.0. The lowest BCUT2D eigenvalue weighted by Gasteiger charge is -2.21. The molecule has 1 rings (SSSR count). The molecule has 0 aliphatic heterocycles. The molecule has 0 saturated heterocycles. The Hall–Kier alpha value is -0.860. The number of aliphatic hydroxyl groups excluding tert-OH is 1. The minimum absolute atomic E-state index is 0.195. The Morgan fingerprint density at radius 3 is 2.67 bits per heavy atom. The maximum absolute atomic E-state index is 9.11. The van der Waals surface area contributed by atoms with Gasteiger partial charge in [0.2, 0.25) is 0 Å². The van der Waals surface area contributed by atoms with Gasteiger partial charge in [0.25, 0.3) is 0 Å². The molecule has 1 aromatic rings. The molecule has 2 atom stereocenters. The van der Waals surface area contributed by atoms with E-state index in [2.05, 4.69) is 50.4 Å². The number of aryl methyl sites for hydroxylation is 1. The molecule has 2 unspecified atom stereocenters. The zero-order chi connectivity index (χ0) is 11.3. The maximum Gasteiger partial charge on any atom is 0.0584 e. The molecule has 15 heavy (non-hydrogen) atoms. The maximum atomic E-state index is 9.11. The summed E-state index contributed by atoms with van der Waals surface area (Å²) < 4.78 is 0. The molecular formula is C13H21NO. The number of benzene rings is 1. The Bertz CT molecular complexity index is 294. The van der Waals surface area contributed by atoms with Gasteiger partial charge in [-0.05, 0) is 25.8 Å². The zero-order valence-electron chi connectivity index (χ0n) is 9.83. The van der Waals surface area contributed by atoms with E-state index in [9.17, 15) is 0 Å². The van der Waals surface area contributed by atoms with Gasteiger partial charge in [0.1, 0.15) is 0 Å². The third-order valence-electron chi connectivity index (χ3n) is 2.74. The van der Waals surface area contributed by atoms with Crippen LogP contribution < -0.4 is 5.32 Å². The topological polar surface area (TPSA) is 32.3 Å². The molecule has 0 saturated carbocycles. The van der Waals surface area contributed by atoms with Crippen molar-refractivity contribution in [1.82, 2.24) is 5.32 Å².